The summed E-state index contributed by atoms with van der Waals surface area (Å²) < 4.78 is 26.1. The molecule has 6 heteroatoms. The van der Waals surface area contributed by atoms with Gasteiger partial charge in [0.2, 0.25) is 5.91 Å². The molecule has 3 rings (SSSR count). The number of thiazole rings is 1. The molecule has 3 nitrogen and oxygen atoms in total. The molecule has 0 atom stereocenters. The van der Waals surface area contributed by atoms with Gasteiger partial charge in [-0.1, -0.05) is 24.3 Å². The SMILES string of the molecule is O=C(Cc1csc(-c2cccc(F)c2)n1)NCCc1ccc(F)cc1. The summed E-state index contributed by atoms with van der Waals surface area (Å²) in [5.41, 5.74) is 2.32. The molecule has 0 aliphatic rings. The van der Waals surface area contributed by atoms with Gasteiger partial charge in [-0.2, -0.15) is 0 Å². The molecular weight excluding hydrogens is 342 g/mol. The third-order valence-corrected chi connectivity index (χ3v) is 4.55. The molecule has 0 aliphatic heterocycles. The first-order valence-electron chi connectivity index (χ1n) is 7.81. The van der Waals surface area contributed by atoms with Crippen LogP contribution in [0.15, 0.2) is 53.9 Å². The van der Waals surface area contributed by atoms with Crippen molar-refractivity contribution in [1.29, 1.82) is 0 Å². The average molecular weight is 358 g/mol. The van der Waals surface area contributed by atoms with Crippen molar-refractivity contribution in [3.63, 3.8) is 0 Å². The maximum atomic E-state index is 13.3. The van der Waals surface area contributed by atoms with Gasteiger partial charge in [-0.05, 0) is 36.2 Å². The molecule has 0 bridgehead atoms. The fourth-order valence-electron chi connectivity index (χ4n) is 2.37. The van der Waals surface area contributed by atoms with E-state index in [2.05, 4.69) is 10.3 Å². The largest absolute Gasteiger partial charge is 0.355 e. The Balaban J connectivity index is 1.50. The van der Waals surface area contributed by atoms with Crippen molar-refractivity contribution >= 4 is 17.2 Å². The summed E-state index contributed by atoms with van der Waals surface area (Å²) in [5.74, 6) is -0.712. The minimum Gasteiger partial charge on any atom is -0.355 e. The molecular formula is C19H16F2N2OS. The molecule has 0 saturated carbocycles. The molecule has 0 fully saturated rings. The lowest BCUT2D eigenvalue weighted by Gasteiger charge is -2.04. The molecule has 0 radical (unpaired) electrons. The second-order valence-electron chi connectivity index (χ2n) is 5.56. The normalized spacial score (nSPS) is 10.6. The second-order valence-corrected chi connectivity index (χ2v) is 6.42. The van der Waals surface area contributed by atoms with Gasteiger partial charge in [0.25, 0.3) is 0 Å². The smallest absolute Gasteiger partial charge is 0.226 e. The average Bonchev–Trinajstić information content (AvgIpc) is 3.05. The number of nitrogens with zero attached hydrogens (tertiary/aromatic N) is 1. The summed E-state index contributed by atoms with van der Waals surface area (Å²) in [6.45, 7) is 0.478. The fourth-order valence-corrected chi connectivity index (χ4v) is 3.18. The first kappa shape index (κ1) is 17.2. The number of carbonyl (C=O) groups excluding carboxylic acids is 1. The Hall–Kier alpha value is -2.60. The van der Waals surface area contributed by atoms with Crippen molar-refractivity contribution in [3.8, 4) is 10.6 Å². The third kappa shape index (κ3) is 4.93. The molecule has 25 heavy (non-hydrogen) atoms. The zero-order valence-electron chi connectivity index (χ0n) is 13.3. The number of hydrogen-bond acceptors (Lipinski definition) is 3. The quantitative estimate of drug-likeness (QED) is 0.724. The molecule has 2 aromatic carbocycles. The minimum atomic E-state index is -0.312. The van der Waals surface area contributed by atoms with Crippen LogP contribution in [0.5, 0.6) is 0 Å². The van der Waals surface area contributed by atoms with Crippen LogP contribution in [0.4, 0.5) is 8.78 Å². The van der Waals surface area contributed by atoms with Crippen molar-refractivity contribution in [1.82, 2.24) is 10.3 Å². The number of aromatic nitrogens is 1. The van der Waals surface area contributed by atoms with Gasteiger partial charge in [0.05, 0.1) is 12.1 Å². The summed E-state index contributed by atoms with van der Waals surface area (Å²) in [4.78, 5) is 16.4. The van der Waals surface area contributed by atoms with Crippen LogP contribution in [0.1, 0.15) is 11.3 Å². The fraction of sp³-hybridized carbons (Fsp3) is 0.158. The van der Waals surface area contributed by atoms with Crippen molar-refractivity contribution in [3.05, 3.63) is 76.8 Å². The van der Waals surface area contributed by atoms with E-state index in [1.807, 2.05) is 0 Å². The Kier molecular flexibility index (Phi) is 5.50. The highest BCUT2D eigenvalue weighted by Gasteiger charge is 2.09. The standard InChI is InChI=1S/C19H16F2N2OS/c20-15-6-4-13(5-7-15)8-9-22-18(24)11-17-12-25-19(23-17)14-2-1-3-16(21)10-14/h1-7,10,12H,8-9,11H2,(H,22,24). The summed E-state index contributed by atoms with van der Waals surface area (Å²) in [6, 6.07) is 12.4. The summed E-state index contributed by atoms with van der Waals surface area (Å²) in [6.07, 6.45) is 0.812. The predicted octanol–water partition coefficient (Wildman–Crippen LogP) is 3.99. The van der Waals surface area contributed by atoms with Crippen LogP contribution in [-0.4, -0.2) is 17.4 Å². The third-order valence-electron chi connectivity index (χ3n) is 3.61. The van der Waals surface area contributed by atoms with E-state index < -0.39 is 0 Å². The molecule has 1 heterocycles. The van der Waals surface area contributed by atoms with E-state index in [1.54, 1.807) is 29.6 Å². The Morgan fingerprint density at radius 3 is 2.64 bits per heavy atom. The van der Waals surface area contributed by atoms with Crippen molar-refractivity contribution in [2.45, 2.75) is 12.8 Å². The Labute approximate surface area is 148 Å². The number of nitrogens with one attached hydrogen (secondary N) is 1. The van der Waals surface area contributed by atoms with Gasteiger partial charge >= 0.3 is 0 Å². The number of benzene rings is 2. The lowest BCUT2D eigenvalue weighted by Crippen LogP contribution is -2.27. The van der Waals surface area contributed by atoms with Crippen LogP contribution in [0.25, 0.3) is 10.6 Å². The number of amides is 1. The molecule has 128 valence electrons. The van der Waals surface area contributed by atoms with Gasteiger partial charge in [0.1, 0.15) is 16.6 Å². The van der Waals surface area contributed by atoms with E-state index >= 15 is 0 Å². The Bertz CT molecular complexity index is 862. The van der Waals surface area contributed by atoms with E-state index in [-0.39, 0.29) is 24.0 Å². The zero-order chi connectivity index (χ0) is 17.6. The lowest BCUT2D eigenvalue weighted by molar-refractivity contribution is -0.120. The summed E-state index contributed by atoms with van der Waals surface area (Å²) in [7, 11) is 0. The molecule has 1 amide bonds. The maximum Gasteiger partial charge on any atom is 0.226 e. The first-order chi connectivity index (χ1) is 12.1. The maximum absolute atomic E-state index is 13.3. The summed E-state index contributed by atoms with van der Waals surface area (Å²) >= 11 is 1.38. The molecule has 0 saturated heterocycles. The number of rotatable bonds is 6. The zero-order valence-corrected chi connectivity index (χ0v) is 14.2. The van der Waals surface area contributed by atoms with E-state index in [1.165, 1.54) is 35.6 Å². The Morgan fingerprint density at radius 1 is 1.08 bits per heavy atom. The van der Waals surface area contributed by atoms with Crippen molar-refractivity contribution < 1.29 is 13.6 Å². The van der Waals surface area contributed by atoms with Gasteiger partial charge < -0.3 is 5.32 Å². The molecule has 0 spiro atoms. The number of halogens is 2. The Morgan fingerprint density at radius 2 is 1.88 bits per heavy atom. The van der Waals surface area contributed by atoms with Crippen LogP contribution in [0, 0.1) is 11.6 Å². The topological polar surface area (TPSA) is 42.0 Å². The lowest BCUT2D eigenvalue weighted by atomic mass is 10.1. The molecule has 3 aromatic rings. The highest BCUT2D eigenvalue weighted by atomic mass is 32.1. The summed E-state index contributed by atoms with van der Waals surface area (Å²) in [5, 5.41) is 5.32. The second kappa shape index (κ2) is 7.98. The minimum absolute atomic E-state index is 0.127. The highest BCUT2D eigenvalue weighted by molar-refractivity contribution is 7.13. The molecule has 0 unspecified atom stereocenters. The monoisotopic (exact) mass is 358 g/mol. The predicted molar refractivity (Wildman–Crippen MR) is 94.3 cm³/mol. The molecule has 0 aliphatic carbocycles. The molecule has 1 N–H and O–H groups in total. The van der Waals surface area contributed by atoms with Crippen LogP contribution >= 0.6 is 11.3 Å². The van der Waals surface area contributed by atoms with E-state index in [9.17, 15) is 13.6 Å². The van der Waals surface area contributed by atoms with Crippen molar-refractivity contribution in [2.24, 2.45) is 0 Å². The van der Waals surface area contributed by atoms with Gasteiger partial charge in [-0.15, -0.1) is 11.3 Å². The van der Waals surface area contributed by atoms with Crippen LogP contribution in [-0.2, 0) is 17.6 Å². The molecule has 1 aromatic heterocycles. The first-order valence-corrected chi connectivity index (χ1v) is 8.69. The van der Waals surface area contributed by atoms with Gasteiger partial charge in [-0.25, -0.2) is 13.8 Å². The van der Waals surface area contributed by atoms with Gasteiger partial charge in [-0.3, -0.25) is 4.79 Å². The highest BCUT2D eigenvalue weighted by Crippen LogP contribution is 2.24. The van der Waals surface area contributed by atoms with E-state index in [0.717, 1.165) is 5.56 Å². The van der Waals surface area contributed by atoms with E-state index in [4.69, 9.17) is 0 Å². The van der Waals surface area contributed by atoms with Crippen LogP contribution in [0.2, 0.25) is 0 Å². The van der Waals surface area contributed by atoms with E-state index in [0.29, 0.717) is 29.2 Å². The van der Waals surface area contributed by atoms with Crippen molar-refractivity contribution in [2.75, 3.05) is 6.54 Å². The van der Waals surface area contributed by atoms with Crippen LogP contribution < -0.4 is 5.32 Å². The van der Waals surface area contributed by atoms with Gasteiger partial charge in [0, 0.05) is 17.5 Å². The van der Waals surface area contributed by atoms with Crippen LogP contribution in [0.3, 0.4) is 0 Å². The van der Waals surface area contributed by atoms with Gasteiger partial charge in [0.15, 0.2) is 0 Å². The number of carbonyl (C=O) groups is 1. The number of hydrogen-bond donors (Lipinski definition) is 1.